The summed E-state index contributed by atoms with van der Waals surface area (Å²) in [5.74, 6) is 0.0951. The Kier molecular flexibility index (Phi) is 5.69. The zero-order valence-corrected chi connectivity index (χ0v) is 16.7. The van der Waals surface area contributed by atoms with E-state index in [-0.39, 0.29) is 23.0 Å². The van der Waals surface area contributed by atoms with E-state index in [1.165, 1.54) is 6.21 Å². The van der Waals surface area contributed by atoms with Gasteiger partial charge in [-0.2, -0.15) is 10.4 Å². The summed E-state index contributed by atoms with van der Waals surface area (Å²) < 4.78 is 1.26. The van der Waals surface area contributed by atoms with Gasteiger partial charge in [-0.15, -0.1) is 0 Å². The van der Waals surface area contributed by atoms with Crippen molar-refractivity contribution in [2.75, 3.05) is 5.43 Å². The summed E-state index contributed by atoms with van der Waals surface area (Å²) in [6.07, 6.45) is 1.38. The molecule has 3 N–H and O–H groups in total. The predicted octanol–water partition coefficient (Wildman–Crippen LogP) is 3.99. The van der Waals surface area contributed by atoms with Gasteiger partial charge in [0.15, 0.2) is 0 Å². The highest BCUT2D eigenvalue weighted by Crippen LogP contribution is 2.30. The lowest BCUT2D eigenvalue weighted by molar-refractivity contribution is 0.471. The molecule has 0 radical (unpaired) electrons. The molecule has 0 spiro atoms. The van der Waals surface area contributed by atoms with Crippen molar-refractivity contribution < 1.29 is 5.11 Å². The van der Waals surface area contributed by atoms with Crippen molar-refractivity contribution in [2.45, 2.75) is 0 Å². The molecule has 3 rings (SSSR count). The number of hydrazone groups is 1. The number of halogens is 2. The second-order valence-corrected chi connectivity index (χ2v) is 7.08. The van der Waals surface area contributed by atoms with Gasteiger partial charge >= 0.3 is 0 Å². The maximum atomic E-state index is 12.2. The van der Waals surface area contributed by atoms with E-state index in [1.54, 1.807) is 36.4 Å². The van der Waals surface area contributed by atoms with Gasteiger partial charge < -0.3 is 5.11 Å². The molecule has 1 heterocycles. The summed E-state index contributed by atoms with van der Waals surface area (Å²) in [5.41, 5.74) is 3.31. The van der Waals surface area contributed by atoms with Gasteiger partial charge in [0, 0.05) is 15.6 Å². The molecule has 0 amide bonds. The number of aromatic hydroxyl groups is 1. The molecule has 2 aromatic carbocycles. The molecule has 3 aromatic rings. The SMILES string of the molecule is N#Cc1c(-c2ccccc2)nc(NN=Cc2cc(Br)cc(Br)c2O)[nH]c1=O. The third-order valence-electron chi connectivity index (χ3n) is 3.51. The third-order valence-corrected chi connectivity index (χ3v) is 4.57. The molecule has 0 aliphatic rings. The molecule has 27 heavy (non-hydrogen) atoms. The molecule has 134 valence electrons. The van der Waals surface area contributed by atoms with E-state index in [0.29, 0.717) is 15.6 Å². The van der Waals surface area contributed by atoms with Gasteiger partial charge in [0.1, 0.15) is 17.4 Å². The minimum atomic E-state index is -0.572. The number of anilines is 1. The number of nitrogens with zero attached hydrogens (tertiary/aromatic N) is 3. The Labute approximate surface area is 170 Å². The van der Waals surface area contributed by atoms with Crippen LogP contribution in [0.15, 0.2) is 61.3 Å². The second-order valence-electron chi connectivity index (χ2n) is 5.31. The average molecular weight is 489 g/mol. The van der Waals surface area contributed by atoms with Crippen LogP contribution in [0.2, 0.25) is 0 Å². The molecule has 0 fully saturated rings. The summed E-state index contributed by atoms with van der Waals surface area (Å²) in [6, 6.07) is 14.2. The van der Waals surface area contributed by atoms with Crippen molar-refractivity contribution in [1.82, 2.24) is 9.97 Å². The molecule has 0 saturated heterocycles. The van der Waals surface area contributed by atoms with Crippen LogP contribution in [-0.2, 0) is 0 Å². The van der Waals surface area contributed by atoms with Gasteiger partial charge in [0.2, 0.25) is 5.95 Å². The second kappa shape index (κ2) is 8.16. The maximum absolute atomic E-state index is 12.2. The van der Waals surface area contributed by atoms with E-state index in [2.05, 4.69) is 52.4 Å². The molecule has 0 unspecified atom stereocenters. The van der Waals surface area contributed by atoms with E-state index < -0.39 is 5.56 Å². The van der Waals surface area contributed by atoms with E-state index in [9.17, 15) is 15.2 Å². The van der Waals surface area contributed by atoms with Gasteiger partial charge in [-0.25, -0.2) is 10.4 Å². The Hall–Kier alpha value is -2.96. The largest absolute Gasteiger partial charge is 0.506 e. The number of nitriles is 1. The highest BCUT2D eigenvalue weighted by Gasteiger charge is 2.13. The molecule has 1 aromatic heterocycles. The van der Waals surface area contributed by atoms with E-state index >= 15 is 0 Å². The summed E-state index contributed by atoms with van der Waals surface area (Å²) in [7, 11) is 0. The number of phenols is 1. The quantitative estimate of drug-likeness (QED) is 0.379. The lowest BCUT2D eigenvalue weighted by Crippen LogP contribution is -2.16. The fraction of sp³-hybridized carbons (Fsp3) is 0. The zero-order valence-electron chi connectivity index (χ0n) is 13.6. The van der Waals surface area contributed by atoms with Crippen molar-refractivity contribution in [3.63, 3.8) is 0 Å². The van der Waals surface area contributed by atoms with Crippen LogP contribution in [0.3, 0.4) is 0 Å². The number of H-pyrrole nitrogens is 1. The highest BCUT2D eigenvalue weighted by molar-refractivity contribution is 9.11. The Balaban J connectivity index is 1.94. The Morgan fingerprint density at radius 1 is 1.26 bits per heavy atom. The third kappa shape index (κ3) is 4.24. The lowest BCUT2D eigenvalue weighted by Gasteiger charge is -2.06. The number of benzene rings is 2. The van der Waals surface area contributed by atoms with Crippen molar-refractivity contribution in [1.29, 1.82) is 5.26 Å². The Morgan fingerprint density at radius 2 is 2.00 bits per heavy atom. The van der Waals surface area contributed by atoms with Crippen LogP contribution in [0.1, 0.15) is 11.1 Å². The molecule has 0 aliphatic heterocycles. The number of aromatic amines is 1. The minimum absolute atomic E-state index is 0.0232. The standard InChI is InChI=1S/C18H11Br2N5O2/c19-12-6-11(16(26)14(20)7-12)9-22-25-18-23-15(10-4-2-1-3-5-10)13(8-21)17(27)24-18/h1-7,9,26H,(H2,23,24,25,27). The van der Waals surface area contributed by atoms with Crippen LogP contribution in [0.5, 0.6) is 5.75 Å². The number of hydrogen-bond acceptors (Lipinski definition) is 6. The number of aromatic nitrogens is 2. The highest BCUT2D eigenvalue weighted by atomic mass is 79.9. The van der Waals surface area contributed by atoms with E-state index in [4.69, 9.17) is 0 Å². The first-order valence-corrected chi connectivity index (χ1v) is 9.15. The van der Waals surface area contributed by atoms with Crippen LogP contribution in [-0.4, -0.2) is 21.3 Å². The van der Waals surface area contributed by atoms with E-state index in [1.807, 2.05) is 12.1 Å². The average Bonchev–Trinajstić information content (AvgIpc) is 2.66. The predicted molar refractivity (Wildman–Crippen MR) is 110 cm³/mol. The van der Waals surface area contributed by atoms with Crippen LogP contribution in [0.4, 0.5) is 5.95 Å². The summed E-state index contributed by atoms with van der Waals surface area (Å²) >= 11 is 6.57. The first-order valence-electron chi connectivity index (χ1n) is 7.56. The molecule has 7 nitrogen and oxygen atoms in total. The molecule has 9 heteroatoms. The number of rotatable bonds is 4. The number of nitrogens with one attached hydrogen (secondary N) is 2. The van der Waals surface area contributed by atoms with Gasteiger partial charge in [-0.1, -0.05) is 46.3 Å². The van der Waals surface area contributed by atoms with Crippen molar-refractivity contribution in [3.8, 4) is 23.1 Å². The van der Waals surface area contributed by atoms with Crippen LogP contribution in [0.25, 0.3) is 11.3 Å². The first-order chi connectivity index (χ1) is 13.0. The summed E-state index contributed by atoms with van der Waals surface area (Å²) in [4.78, 5) is 18.9. The lowest BCUT2D eigenvalue weighted by atomic mass is 10.1. The van der Waals surface area contributed by atoms with Crippen molar-refractivity contribution in [3.05, 3.63) is 72.9 Å². The first kappa shape index (κ1) is 18.8. The molecule has 0 saturated carbocycles. The smallest absolute Gasteiger partial charge is 0.270 e. The van der Waals surface area contributed by atoms with Crippen LogP contribution in [0, 0.1) is 11.3 Å². The Bertz CT molecular complexity index is 1120. The van der Waals surface area contributed by atoms with Crippen LogP contribution >= 0.6 is 31.9 Å². The fourth-order valence-electron chi connectivity index (χ4n) is 2.28. The minimum Gasteiger partial charge on any atom is -0.506 e. The number of hydrogen-bond donors (Lipinski definition) is 3. The zero-order chi connectivity index (χ0) is 19.4. The van der Waals surface area contributed by atoms with Crippen molar-refractivity contribution in [2.24, 2.45) is 5.10 Å². The molecular weight excluding hydrogens is 478 g/mol. The van der Waals surface area contributed by atoms with Crippen molar-refractivity contribution >= 4 is 44.0 Å². The summed E-state index contributed by atoms with van der Waals surface area (Å²) in [5, 5.41) is 23.3. The normalized spacial score (nSPS) is 10.7. The van der Waals surface area contributed by atoms with E-state index in [0.717, 1.165) is 4.47 Å². The molecule has 0 bridgehead atoms. The van der Waals surface area contributed by atoms with Gasteiger partial charge in [-0.05, 0) is 28.1 Å². The topological polar surface area (TPSA) is 114 Å². The van der Waals surface area contributed by atoms with Gasteiger partial charge in [-0.3, -0.25) is 9.78 Å². The molecule has 0 atom stereocenters. The van der Waals surface area contributed by atoms with Gasteiger partial charge in [0.05, 0.1) is 16.4 Å². The summed E-state index contributed by atoms with van der Waals surface area (Å²) in [6.45, 7) is 0. The van der Waals surface area contributed by atoms with Gasteiger partial charge in [0.25, 0.3) is 5.56 Å². The molecular formula is C18H11Br2N5O2. The number of phenolic OH excluding ortho intramolecular Hbond substituents is 1. The molecule has 0 aliphatic carbocycles. The fourth-order valence-corrected chi connectivity index (χ4v) is 3.54. The maximum Gasteiger partial charge on any atom is 0.270 e. The Morgan fingerprint density at radius 3 is 2.70 bits per heavy atom. The monoisotopic (exact) mass is 487 g/mol. The van der Waals surface area contributed by atoms with Crippen LogP contribution < -0.4 is 11.0 Å².